The molecule has 10 heteroatoms. The molecule has 0 aliphatic carbocycles. The van der Waals surface area contributed by atoms with E-state index in [0.717, 1.165) is 45.1 Å². The zero-order chi connectivity index (χ0) is 23.2. The van der Waals surface area contributed by atoms with Gasteiger partial charge < -0.3 is 9.32 Å². The number of halogens is 5. The topological polar surface area (TPSA) is 45.4 Å². The number of aromatic nitrogens is 2. The second kappa shape index (κ2) is 8.40. The van der Waals surface area contributed by atoms with Gasteiger partial charge in [0.05, 0.1) is 0 Å². The smallest absolute Gasteiger partial charge is 0.314 e. The van der Waals surface area contributed by atoms with Crippen LogP contribution in [0.15, 0.2) is 40.8 Å². The van der Waals surface area contributed by atoms with Crippen molar-refractivity contribution in [2.24, 2.45) is 5.41 Å². The minimum Gasteiger partial charge on any atom is -0.415 e. The summed E-state index contributed by atoms with van der Waals surface area (Å²) in [7, 11) is 0. The van der Waals surface area contributed by atoms with Crippen molar-refractivity contribution in [1.82, 2.24) is 15.1 Å². The molecule has 3 aromatic rings. The van der Waals surface area contributed by atoms with Crippen molar-refractivity contribution in [2.75, 3.05) is 31.1 Å². The highest BCUT2D eigenvalue weighted by molar-refractivity contribution is 5.53. The van der Waals surface area contributed by atoms with Crippen LogP contribution in [0.3, 0.4) is 0 Å². The van der Waals surface area contributed by atoms with E-state index in [9.17, 15) is 22.0 Å². The normalized spacial score (nSPS) is 18.2. The molecule has 1 spiro atoms. The Kier molecular flexibility index (Phi) is 5.55. The Labute approximate surface area is 186 Å². The first-order valence-corrected chi connectivity index (χ1v) is 10.6. The van der Waals surface area contributed by atoms with E-state index in [4.69, 9.17) is 4.42 Å². The third-order valence-corrected chi connectivity index (χ3v) is 6.56. The predicted molar refractivity (Wildman–Crippen MR) is 110 cm³/mol. The van der Waals surface area contributed by atoms with Gasteiger partial charge in [-0.15, -0.1) is 10.2 Å². The lowest BCUT2D eigenvalue weighted by Gasteiger charge is -2.55. The molecule has 0 N–H and O–H groups in total. The van der Waals surface area contributed by atoms with Crippen LogP contribution >= 0.6 is 0 Å². The van der Waals surface area contributed by atoms with Gasteiger partial charge in [-0.05, 0) is 50.2 Å². The lowest BCUT2D eigenvalue weighted by atomic mass is 9.71. The summed E-state index contributed by atoms with van der Waals surface area (Å²) in [6.07, 6.45) is -1.01. The van der Waals surface area contributed by atoms with Gasteiger partial charge in [-0.2, -0.15) is 8.78 Å². The van der Waals surface area contributed by atoms with Crippen molar-refractivity contribution in [3.8, 4) is 11.5 Å². The summed E-state index contributed by atoms with van der Waals surface area (Å²) in [4.78, 5) is 4.22. The maximum atomic E-state index is 14.7. The standard InChI is InChI=1S/C23H21F5N4O/c24-17-4-3-16(10-19(17)26)32-12-23(13-32)5-7-31(8-6-23)11-15-2-1-14(9-18(15)25)21-29-30-22(33-21)20(27)28/h1-4,9-10,20H,5-8,11-13H2. The molecule has 2 aromatic carbocycles. The molecule has 174 valence electrons. The summed E-state index contributed by atoms with van der Waals surface area (Å²) in [5.74, 6) is -3.10. The Hall–Kier alpha value is -3.01. The SMILES string of the molecule is Fc1ccc(N2CC3(CCN(Cc4ccc(-c5nnc(C(F)F)o5)cc4F)CC3)C2)cc1F. The highest BCUT2D eigenvalue weighted by atomic mass is 19.3. The van der Waals surface area contributed by atoms with Gasteiger partial charge in [-0.3, -0.25) is 4.90 Å². The average Bonchev–Trinajstić information content (AvgIpc) is 3.27. The molecule has 5 nitrogen and oxygen atoms in total. The Balaban J connectivity index is 1.16. The molecule has 0 atom stereocenters. The van der Waals surface area contributed by atoms with Gasteiger partial charge in [0.2, 0.25) is 5.89 Å². The maximum absolute atomic E-state index is 14.7. The molecule has 5 rings (SSSR count). The largest absolute Gasteiger partial charge is 0.415 e. The number of hydrogen-bond donors (Lipinski definition) is 0. The first kappa shape index (κ1) is 21.8. The number of anilines is 1. The van der Waals surface area contributed by atoms with Crippen LogP contribution in [0.5, 0.6) is 0 Å². The maximum Gasteiger partial charge on any atom is 0.314 e. The number of benzene rings is 2. The van der Waals surface area contributed by atoms with Gasteiger partial charge >= 0.3 is 6.43 Å². The number of nitrogens with zero attached hydrogens (tertiary/aromatic N) is 4. The zero-order valence-electron chi connectivity index (χ0n) is 17.6. The summed E-state index contributed by atoms with van der Waals surface area (Å²) in [5.41, 5.74) is 1.58. The molecule has 0 amide bonds. The van der Waals surface area contributed by atoms with Crippen LogP contribution in [0, 0.1) is 22.9 Å². The number of rotatable bonds is 5. The van der Waals surface area contributed by atoms with Crippen LogP contribution < -0.4 is 4.90 Å². The first-order valence-electron chi connectivity index (χ1n) is 10.6. The fourth-order valence-corrected chi connectivity index (χ4v) is 4.62. The Bertz CT molecular complexity index is 1150. The van der Waals surface area contributed by atoms with Gasteiger partial charge in [-0.1, -0.05) is 6.07 Å². The van der Waals surface area contributed by atoms with Gasteiger partial charge in [0.15, 0.2) is 11.6 Å². The summed E-state index contributed by atoms with van der Waals surface area (Å²) in [5, 5.41) is 6.81. The van der Waals surface area contributed by atoms with E-state index < -0.39 is 29.8 Å². The minimum atomic E-state index is -2.88. The molecule has 1 aromatic heterocycles. The van der Waals surface area contributed by atoms with Crippen molar-refractivity contribution in [2.45, 2.75) is 25.8 Å². The first-order chi connectivity index (χ1) is 15.8. The Morgan fingerprint density at radius 1 is 0.909 bits per heavy atom. The zero-order valence-corrected chi connectivity index (χ0v) is 17.6. The molecule has 3 heterocycles. The van der Waals surface area contributed by atoms with Gasteiger partial charge in [0, 0.05) is 47.9 Å². The van der Waals surface area contributed by atoms with Crippen LogP contribution in [-0.2, 0) is 6.54 Å². The van der Waals surface area contributed by atoms with Crippen molar-refractivity contribution in [3.05, 3.63) is 65.3 Å². The molecule has 2 fully saturated rings. The number of hydrogen-bond acceptors (Lipinski definition) is 5. The van der Waals surface area contributed by atoms with E-state index >= 15 is 0 Å². The molecule has 2 saturated heterocycles. The quantitative estimate of drug-likeness (QED) is 0.486. The average molecular weight is 464 g/mol. The number of likely N-dealkylation sites (tertiary alicyclic amines) is 1. The molecular weight excluding hydrogens is 443 g/mol. The van der Waals surface area contributed by atoms with Crippen LogP contribution in [0.2, 0.25) is 0 Å². The van der Waals surface area contributed by atoms with E-state index in [2.05, 4.69) is 15.1 Å². The summed E-state index contributed by atoms with van der Waals surface area (Å²) in [6.45, 7) is 3.61. The molecule has 0 radical (unpaired) electrons. The monoisotopic (exact) mass is 464 g/mol. The molecule has 0 unspecified atom stereocenters. The highest BCUT2D eigenvalue weighted by Gasteiger charge is 2.45. The van der Waals surface area contributed by atoms with Gasteiger partial charge in [-0.25, -0.2) is 13.2 Å². The Morgan fingerprint density at radius 3 is 2.30 bits per heavy atom. The van der Waals surface area contributed by atoms with Gasteiger partial charge in [0.1, 0.15) is 5.82 Å². The molecule has 0 saturated carbocycles. The predicted octanol–water partition coefficient (Wildman–Crippen LogP) is 5.19. The molecular formula is C23H21F5N4O. The van der Waals surface area contributed by atoms with Crippen molar-refractivity contribution in [3.63, 3.8) is 0 Å². The minimum absolute atomic E-state index is 0.143. The van der Waals surface area contributed by atoms with Crippen molar-refractivity contribution >= 4 is 5.69 Å². The van der Waals surface area contributed by atoms with Gasteiger partial charge in [0.25, 0.3) is 5.89 Å². The summed E-state index contributed by atoms with van der Waals surface area (Å²) < 4.78 is 71.4. The molecule has 2 aliphatic heterocycles. The molecule has 2 aliphatic rings. The van der Waals surface area contributed by atoms with Crippen LogP contribution in [-0.4, -0.2) is 41.3 Å². The van der Waals surface area contributed by atoms with E-state index in [1.54, 1.807) is 18.2 Å². The van der Waals surface area contributed by atoms with E-state index in [0.29, 0.717) is 17.8 Å². The van der Waals surface area contributed by atoms with E-state index in [1.165, 1.54) is 12.1 Å². The van der Waals surface area contributed by atoms with Crippen LogP contribution in [0.1, 0.15) is 30.7 Å². The summed E-state index contributed by atoms with van der Waals surface area (Å²) >= 11 is 0. The van der Waals surface area contributed by atoms with Crippen molar-refractivity contribution < 1.29 is 26.4 Å². The second-order valence-corrected chi connectivity index (χ2v) is 8.78. The Morgan fingerprint density at radius 2 is 1.67 bits per heavy atom. The third-order valence-electron chi connectivity index (χ3n) is 6.56. The lowest BCUT2D eigenvalue weighted by Crippen LogP contribution is -2.60. The van der Waals surface area contributed by atoms with Crippen LogP contribution in [0.4, 0.5) is 27.6 Å². The second-order valence-electron chi connectivity index (χ2n) is 8.78. The number of alkyl halides is 2. The number of piperidine rings is 1. The fraction of sp³-hybridized carbons (Fsp3) is 0.391. The lowest BCUT2D eigenvalue weighted by molar-refractivity contribution is 0.0718. The molecule has 33 heavy (non-hydrogen) atoms. The molecule has 0 bridgehead atoms. The van der Waals surface area contributed by atoms with E-state index in [-0.39, 0.29) is 16.9 Å². The third kappa shape index (κ3) is 4.31. The summed E-state index contributed by atoms with van der Waals surface area (Å²) in [6, 6.07) is 8.37. The van der Waals surface area contributed by atoms with Crippen molar-refractivity contribution in [1.29, 1.82) is 0 Å². The fourth-order valence-electron chi connectivity index (χ4n) is 4.62. The van der Waals surface area contributed by atoms with E-state index in [1.807, 2.05) is 4.90 Å². The van der Waals surface area contributed by atoms with Crippen LogP contribution in [0.25, 0.3) is 11.5 Å². The highest BCUT2D eigenvalue weighted by Crippen LogP contribution is 2.43.